The molecule has 0 amide bonds. The first-order valence-electron chi connectivity index (χ1n) is 8.03. The monoisotopic (exact) mass is 307 g/mol. The van der Waals surface area contributed by atoms with Gasteiger partial charge in [-0.15, -0.1) is 0 Å². The molecule has 118 valence electrons. The standard InChI is InChI=1S/C18H21N5/c1-14-4-6-15(7-5-14)17(23-10-2-3-11-23)13-22-18-16(12-19)20-8-9-21-18/h4-9,17H,2-3,10-11,13H2,1H3,(H,21,22). The van der Waals surface area contributed by atoms with E-state index < -0.39 is 0 Å². The number of nitriles is 1. The number of rotatable bonds is 5. The number of aryl methyl sites for hydroxylation is 1. The Morgan fingerprint density at radius 1 is 1.17 bits per heavy atom. The third-order valence-electron chi connectivity index (χ3n) is 4.31. The zero-order chi connectivity index (χ0) is 16.1. The van der Waals surface area contributed by atoms with E-state index in [1.54, 1.807) is 12.4 Å². The molecule has 2 aromatic rings. The molecule has 23 heavy (non-hydrogen) atoms. The summed E-state index contributed by atoms with van der Waals surface area (Å²) >= 11 is 0. The molecule has 1 aliphatic heterocycles. The van der Waals surface area contributed by atoms with Crippen molar-refractivity contribution in [3.05, 3.63) is 53.5 Å². The average molecular weight is 307 g/mol. The van der Waals surface area contributed by atoms with E-state index in [0.717, 1.165) is 19.6 Å². The Kier molecular flexibility index (Phi) is 4.84. The van der Waals surface area contributed by atoms with Gasteiger partial charge in [-0.25, -0.2) is 9.97 Å². The van der Waals surface area contributed by atoms with Crippen LogP contribution in [0.25, 0.3) is 0 Å². The largest absolute Gasteiger partial charge is 0.366 e. The van der Waals surface area contributed by atoms with Gasteiger partial charge in [-0.1, -0.05) is 29.8 Å². The molecule has 0 saturated carbocycles. The SMILES string of the molecule is Cc1ccc(C(CNc2nccnc2C#N)N2CCCC2)cc1. The molecular formula is C18H21N5. The summed E-state index contributed by atoms with van der Waals surface area (Å²) in [5, 5.41) is 12.5. The van der Waals surface area contributed by atoms with Crippen molar-refractivity contribution in [3.8, 4) is 6.07 Å². The summed E-state index contributed by atoms with van der Waals surface area (Å²) in [7, 11) is 0. The van der Waals surface area contributed by atoms with Gasteiger partial charge in [-0.2, -0.15) is 5.26 Å². The molecule has 5 nitrogen and oxygen atoms in total. The van der Waals surface area contributed by atoms with Crippen LogP contribution in [0.2, 0.25) is 0 Å². The first-order chi connectivity index (χ1) is 11.3. The van der Waals surface area contributed by atoms with Crippen LogP contribution < -0.4 is 5.32 Å². The Hall–Kier alpha value is -2.45. The molecule has 1 aliphatic rings. The molecule has 2 heterocycles. The fourth-order valence-corrected chi connectivity index (χ4v) is 3.04. The second kappa shape index (κ2) is 7.21. The summed E-state index contributed by atoms with van der Waals surface area (Å²) in [5.74, 6) is 0.561. The van der Waals surface area contributed by atoms with E-state index in [9.17, 15) is 0 Å². The van der Waals surface area contributed by atoms with Crippen LogP contribution >= 0.6 is 0 Å². The highest BCUT2D eigenvalue weighted by Crippen LogP contribution is 2.26. The molecule has 0 bridgehead atoms. The summed E-state index contributed by atoms with van der Waals surface area (Å²) in [5.41, 5.74) is 2.91. The van der Waals surface area contributed by atoms with Crippen LogP contribution in [0.4, 0.5) is 5.82 Å². The third-order valence-corrected chi connectivity index (χ3v) is 4.31. The van der Waals surface area contributed by atoms with Gasteiger partial charge in [0.15, 0.2) is 11.5 Å². The predicted octanol–water partition coefficient (Wildman–Crippen LogP) is 2.91. The Labute approximate surface area is 137 Å². The summed E-state index contributed by atoms with van der Waals surface area (Å²) < 4.78 is 0. The number of likely N-dealkylation sites (tertiary alicyclic amines) is 1. The normalized spacial score (nSPS) is 16.0. The van der Waals surface area contributed by atoms with Gasteiger partial charge in [0.05, 0.1) is 6.04 Å². The van der Waals surface area contributed by atoms with Crippen LogP contribution in [0.3, 0.4) is 0 Å². The zero-order valence-electron chi connectivity index (χ0n) is 13.4. The molecule has 1 unspecified atom stereocenters. The number of anilines is 1. The molecule has 0 aliphatic carbocycles. The quantitative estimate of drug-likeness (QED) is 0.920. The molecular weight excluding hydrogens is 286 g/mol. The summed E-state index contributed by atoms with van der Waals surface area (Å²) in [6.45, 7) is 5.06. The molecule has 0 radical (unpaired) electrons. The second-order valence-corrected chi connectivity index (χ2v) is 5.92. The van der Waals surface area contributed by atoms with Gasteiger partial charge >= 0.3 is 0 Å². The Balaban J connectivity index is 1.79. The minimum Gasteiger partial charge on any atom is -0.366 e. The summed E-state index contributed by atoms with van der Waals surface area (Å²) in [4.78, 5) is 10.8. The van der Waals surface area contributed by atoms with Crippen LogP contribution in [0, 0.1) is 18.3 Å². The number of nitrogens with one attached hydrogen (secondary N) is 1. The Bertz CT molecular complexity index is 683. The van der Waals surface area contributed by atoms with Crippen molar-refractivity contribution in [1.29, 1.82) is 5.26 Å². The van der Waals surface area contributed by atoms with Crippen molar-refractivity contribution in [1.82, 2.24) is 14.9 Å². The maximum absolute atomic E-state index is 9.14. The molecule has 1 N–H and O–H groups in total. The third kappa shape index (κ3) is 3.66. The Morgan fingerprint density at radius 3 is 2.57 bits per heavy atom. The lowest BCUT2D eigenvalue weighted by Gasteiger charge is -2.28. The molecule has 3 rings (SSSR count). The molecule has 1 fully saturated rings. The number of nitrogens with zero attached hydrogens (tertiary/aromatic N) is 4. The van der Waals surface area contributed by atoms with Gasteiger partial charge in [0.1, 0.15) is 6.07 Å². The molecule has 1 atom stereocenters. The van der Waals surface area contributed by atoms with Crippen molar-refractivity contribution in [2.24, 2.45) is 0 Å². The van der Waals surface area contributed by atoms with Crippen molar-refractivity contribution < 1.29 is 0 Å². The molecule has 1 aromatic carbocycles. The maximum Gasteiger partial charge on any atom is 0.182 e. The van der Waals surface area contributed by atoms with Gasteiger partial charge < -0.3 is 5.32 Å². The molecule has 5 heteroatoms. The lowest BCUT2D eigenvalue weighted by molar-refractivity contribution is 0.256. The molecule has 1 aromatic heterocycles. The van der Waals surface area contributed by atoms with E-state index in [2.05, 4.69) is 57.4 Å². The van der Waals surface area contributed by atoms with Crippen LogP contribution in [-0.4, -0.2) is 34.5 Å². The van der Waals surface area contributed by atoms with Crippen LogP contribution in [0.15, 0.2) is 36.7 Å². The van der Waals surface area contributed by atoms with E-state index in [0.29, 0.717) is 11.5 Å². The van der Waals surface area contributed by atoms with Crippen molar-refractivity contribution in [3.63, 3.8) is 0 Å². The fourth-order valence-electron chi connectivity index (χ4n) is 3.04. The van der Waals surface area contributed by atoms with Gasteiger partial charge in [0.2, 0.25) is 0 Å². The highest BCUT2D eigenvalue weighted by atomic mass is 15.2. The van der Waals surface area contributed by atoms with Crippen LogP contribution in [0.1, 0.15) is 35.7 Å². The van der Waals surface area contributed by atoms with Gasteiger partial charge in [-0.05, 0) is 38.4 Å². The number of hydrogen-bond acceptors (Lipinski definition) is 5. The minimum absolute atomic E-state index is 0.284. The van der Waals surface area contributed by atoms with E-state index in [4.69, 9.17) is 5.26 Å². The number of benzene rings is 1. The lowest BCUT2D eigenvalue weighted by atomic mass is 10.0. The highest BCUT2D eigenvalue weighted by Gasteiger charge is 2.23. The fraction of sp³-hybridized carbons (Fsp3) is 0.389. The van der Waals surface area contributed by atoms with Gasteiger partial charge in [0.25, 0.3) is 0 Å². The lowest BCUT2D eigenvalue weighted by Crippen LogP contribution is -2.31. The summed E-state index contributed by atoms with van der Waals surface area (Å²) in [6.07, 6.45) is 5.65. The van der Waals surface area contributed by atoms with Crippen molar-refractivity contribution in [2.75, 3.05) is 25.0 Å². The molecule has 0 spiro atoms. The topological polar surface area (TPSA) is 64.8 Å². The number of aromatic nitrogens is 2. The van der Waals surface area contributed by atoms with Gasteiger partial charge in [-0.3, -0.25) is 4.90 Å². The van der Waals surface area contributed by atoms with E-state index >= 15 is 0 Å². The van der Waals surface area contributed by atoms with E-state index in [-0.39, 0.29) is 6.04 Å². The van der Waals surface area contributed by atoms with Gasteiger partial charge in [0, 0.05) is 18.9 Å². The second-order valence-electron chi connectivity index (χ2n) is 5.92. The first kappa shape index (κ1) is 15.4. The van der Waals surface area contributed by atoms with Crippen LogP contribution in [0.5, 0.6) is 0 Å². The maximum atomic E-state index is 9.14. The van der Waals surface area contributed by atoms with Crippen LogP contribution in [-0.2, 0) is 0 Å². The highest BCUT2D eigenvalue weighted by molar-refractivity contribution is 5.47. The minimum atomic E-state index is 0.284. The van der Waals surface area contributed by atoms with Crippen molar-refractivity contribution >= 4 is 5.82 Å². The number of hydrogen-bond donors (Lipinski definition) is 1. The predicted molar refractivity (Wildman–Crippen MR) is 90.0 cm³/mol. The molecule has 1 saturated heterocycles. The Morgan fingerprint density at radius 2 is 1.87 bits per heavy atom. The summed E-state index contributed by atoms with van der Waals surface area (Å²) in [6, 6.07) is 11.1. The zero-order valence-corrected chi connectivity index (χ0v) is 13.4. The average Bonchev–Trinajstić information content (AvgIpc) is 3.11. The van der Waals surface area contributed by atoms with E-state index in [1.807, 2.05) is 0 Å². The van der Waals surface area contributed by atoms with Crippen molar-refractivity contribution in [2.45, 2.75) is 25.8 Å². The first-order valence-corrected chi connectivity index (χ1v) is 8.03. The van der Waals surface area contributed by atoms with E-state index in [1.165, 1.54) is 24.0 Å². The smallest absolute Gasteiger partial charge is 0.182 e.